The fourth-order valence-electron chi connectivity index (χ4n) is 4.56. The van der Waals surface area contributed by atoms with E-state index < -0.39 is 0 Å². The molecule has 0 saturated carbocycles. The Morgan fingerprint density at radius 2 is 2.03 bits per heavy atom. The van der Waals surface area contributed by atoms with Crippen LogP contribution in [-0.2, 0) is 4.79 Å². The van der Waals surface area contributed by atoms with Gasteiger partial charge in [0.1, 0.15) is 12.1 Å². The van der Waals surface area contributed by atoms with E-state index in [9.17, 15) is 4.79 Å². The number of carbonyl (C=O) groups excluding carboxylic acids is 1. The first-order chi connectivity index (χ1) is 14.7. The minimum absolute atomic E-state index is 0.151. The fraction of sp³-hybridized carbons (Fsp3) is 0.476. The topological polar surface area (TPSA) is 93.2 Å². The molecule has 0 spiro atoms. The van der Waals surface area contributed by atoms with Gasteiger partial charge >= 0.3 is 0 Å². The third-order valence-electron chi connectivity index (χ3n) is 6.17. The quantitative estimate of drug-likeness (QED) is 0.656. The molecule has 3 aromatic heterocycles. The van der Waals surface area contributed by atoms with Gasteiger partial charge in [-0.25, -0.2) is 9.97 Å². The summed E-state index contributed by atoms with van der Waals surface area (Å²) >= 11 is 0. The van der Waals surface area contributed by atoms with Crippen LogP contribution >= 0.6 is 0 Å². The Hall–Kier alpha value is -3.07. The largest absolute Gasteiger partial charge is 0.343 e. The fourth-order valence-corrected chi connectivity index (χ4v) is 4.56. The van der Waals surface area contributed by atoms with E-state index in [-0.39, 0.29) is 11.9 Å². The summed E-state index contributed by atoms with van der Waals surface area (Å²) < 4.78 is 7.52. The second-order valence-electron chi connectivity index (χ2n) is 7.96. The van der Waals surface area contributed by atoms with E-state index in [1.54, 1.807) is 25.6 Å². The Morgan fingerprint density at radius 1 is 1.17 bits per heavy atom. The van der Waals surface area contributed by atoms with Crippen LogP contribution in [0.15, 0.2) is 41.6 Å². The van der Waals surface area contributed by atoms with Crippen molar-refractivity contribution in [2.24, 2.45) is 0 Å². The zero-order valence-electron chi connectivity index (χ0n) is 17.0. The van der Waals surface area contributed by atoms with Crippen molar-refractivity contribution < 1.29 is 9.32 Å². The highest BCUT2D eigenvalue weighted by Gasteiger charge is 2.37. The van der Waals surface area contributed by atoms with E-state index in [0.717, 1.165) is 56.7 Å². The first-order valence-corrected chi connectivity index (χ1v) is 10.5. The van der Waals surface area contributed by atoms with Crippen LogP contribution < -0.4 is 0 Å². The Morgan fingerprint density at radius 3 is 2.73 bits per heavy atom. The highest BCUT2D eigenvalue weighted by Crippen LogP contribution is 2.36. The SMILES string of the molecule is CC(=O)N1CCC(N2CCC[C@H]2c2nc(-c3ccc(-n4ccnc4)nc3)no2)CC1. The molecule has 0 aliphatic carbocycles. The molecule has 0 N–H and O–H groups in total. The highest BCUT2D eigenvalue weighted by molar-refractivity contribution is 5.73. The molecular formula is C21H25N7O2. The predicted molar refractivity (Wildman–Crippen MR) is 109 cm³/mol. The van der Waals surface area contributed by atoms with Gasteiger partial charge in [-0.05, 0) is 44.4 Å². The van der Waals surface area contributed by atoms with Crippen LogP contribution in [0.25, 0.3) is 17.2 Å². The number of imidazole rings is 1. The summed E-state index contributed by atoms with van der Waals surface area (Å²) in [4.78, 5) is 29.3. The maximum atomic E-state index is 11.6. The van der Waals surface area contributed by atoms with Crippen molar-refractivity contribution in [2.45, 2.75) is 44.7 Å². The predicted octanol–water partition coefficient (Wildman–Crippen LogP) is 2.47. The number of piperidine rings is 1. The average molecular weight is 407 g/mol. The smallest absolute Gasteiger partial charge is 0.244 e. The molecule has 0 aromatic carbocycles. The summed E-state index contributed by atoms with van der Waals surface area (Å²) in [6.07, 6.45) is 11.2. The van der Waals surface area contributed by atoms with Gasteiger partial charge in [0.05, 0.1) is 6.04 Å². The number of aromatic nitrogens is 5. The van der Waals surface area contributed by atoms with Crippen molar-refractivity contribution in [1.29, 1.82) is 0 Å². The molecule has 2 fully saturated rings. The Kier molecular flexibility index (Phi) is 5.04. The van der Waals surface area contributed by atoms with Crippen molar-refractivity contribution >= 4 is 5.91 Å². The molecule has 2 saturated heterocycles. The zero-order chi connectivity index (χ0) is 20.5. The number of pyridine rings is 1. The van der Waals surface area contributed by atoms with Gasteiger partial charge in [0.15, 0.2) is 0 Å². The van der Waals surface area contributed by atoms with E-state index in [0.29, 0.717) is 17.8 Å². The molecule has 0 radical (unpaired) electrons. The summed E-state index contributed by atoms with van der Waals surface area (Å²) in [6.45, 7) is 4.34. The number of hydrogen-bond donors (Lipinski definition) is 0. The zero-order valence-corrected chi connectivity index (χ0v) is 17.0. The average Bonchev–Trinajstić information content (AvgIpc) is 3.55. The van der Waals surface area contributed by atoms with Crippen molar-refractivity contribution in [1.82, 2.24) is 34.5 Å². The lowest BCUT2D eigenvalue weighted by Gasteiger charge is -2.38. The monoisotopic (exact) mass is 407 g/mol. The van der Waals surface area contributed by atoms with Crippen LogP contribution in [0.2, 0.25) is 0 Å². The normalized spacial score (nSPS) is 20.7. The molecule has 3 aromatic rings. The molecule has 5 rings (SSSR count). The first-order valence-electron chi connectivity index (χ1n) is 10.5. The van der Waals surface area contributed by atoms with Gasteiger partial charge < -0.3 is 9.42 Å². The molecule has 1 atom stereocenters. The third kappa shape index (κ3) is 3.60. The highest BCUT2D eigenvalue weighted by atomic mass is 16.5. The minimum atomic E-state index is 0.151. The summed E-state index contributed by atoms with van der Waals surface area (Å²) in [5, 5.41) is 4.21. The number of hydrogen-bond acceptors (Lipinski definition) is 7. The van der Waals surface area contributed by atoms with Gasteiger partial charge in [-0.15, -0.1) is 0 Å². The Labute approximate surface area is 174 Å². The van der Waals surface area contributed by atoms with Crippen molar-refractivity contribution in [2.75, 3.05) is 19.6 Å². The van der Waals surface area contributed by atoms with Crippen molar-refractivity contribution in [3.05, 3.63) is 42.9 Å². The van der Waals surface area contributed by atoms with Crippen LogP contribution in [0, 0.1) is 0 Å². The van der Waals surface area contributed by atoms with Gasteiger partial charge in [0.25, 0.3) is 0 Å². The van der Waals surface area contributed by atoms with Crippen molar-refractivity contribution in [3.8, 4) is 17.2 Å². The molecule has 2 aliphatic heterocycles. The Balaban J connectivity index is 1.29. The third-order valence-corrected chi connectivity index (χ3v) is 6.17. The lowest BCUT2D eigenvalue weighted by molar-refractivity contribution is -0.130. The number of nitrogens with zero attached hydrogens (tertiary/aromatic N) is 7. The lowest BCUT2D eigenvalue weighted by atomic mass is 10.0. The first kappa shape index (κ1) is 18.9. The summed E-state index contributed by atoms with van der Waals surface area (Å²) in [6, 6.07) is 4.47. The van der Waals surface area contributed by atoms with Crippen LogP contribution in [0.3, 0.4) is 0 Å². The molecule has 30 heavy (non-hydrogen) atoms. The molecule has 9 nitrogen and oxygen atoms in total. The van der Waals surface area contributed by atoms with Crippen LogP contribution in [0.5, 0.6) is 0 Å². The van der Waals surface area contributed by atoms with Gasteiger partial charge in [0, 0.05) is 50.2 Å². The molecule has 5 heterocycles. The summed E-state index contributed by atoms with van der Waals surface area (Å²) in [5.41, 5.74) is 0.827. The molecule has 0 unspecified atom stereocenters. The molecule has 1 amide bonds. The lowest BCUT2D eigenvalue weighted by Crippen LogP contribution is -2.46. The number of amides is 1. The minimum Gasteiger partial charge on any atom is -0.343 e. The van der Waals surface area contributed by atoms with Crippen LogP contribution in [0.1, 0.15) is 44.5 Å². The molecule has 0 bridgehead atoms. The van der Waals surface area contributed by atoms with E-state index in [1.807, 2.05) is 27.8 Å². The van der Waals surface area contributed by atoms with Gasteiger partial charge in [0.2, 0.25) is 17.6 Å². The molecule has 2 aliphatic rings. The number of rotatable bonds is 4. The molecular weight excluding hydrogens is 382 g/mol. The standard InChI is InChI=1S/C21H25N7O2/c1-15(29)26-10-6-17(7-11-26)28-9-2-3-18(28)21-24-20(25-30-21)16-4-5-19(23-13-16)27-12-8-22-14-27/h4-5,8,12-14,17-18H,2-3,6-7,9-11H2,1H3/t18-/m0/s1. The summed E-state index contributed by atoms with van der Waals surface area (Å²) in [7, 11) is 0. The van der Waals surface area contributed by atoms with E-state index in [2.05, 4.69) is 20.0 Å². The summed E-state index contributed by atoms with van der Waals surface area (Å²) in [5.74, 6) is 2.20. The maximum Gasteiger partial charge on any atom is 0.244 e. The van der Waals surface area contributed by atoms with E-state index in [4.69, 9.17) is 9.51 Å². The second-order valence-corrected chi connectivity index (χ2v) is 7.96. The maximum absolute atomic E-state index is 11.6. The van der Waals surface area contributed by atoms with Crippen LogP contribution in [-0.4, -0.2) is 66.1 Å². The number of likely N-dealkylation sites (tertiary alicyclic amines) is 2. The van der Waals surface area contributed by atoms with Crippen LogP contribution in [0.4, 0.5) is 0 Å². The van der Waals surface area contributed by atoms with E-state index in [1.165, 1.54) is 0 Å². The van der Waals surface area contributed by atoms with Gasteiger partial charge in [-0.2, -0.15) is 4.98 Å². The van der Waals surface area contributed by atoms with Gasteiger partial charge in [-0.3, -0.25) is 14.3 Å². The second kappa shape index (κ2) is 7.98. The molecule has 9 heteroatoms. The Bertz CT molecular complexity index is 991. The van der Waals surface area contributed by atoms with Gasteiger partial charge in [-0.1, -0.05) is 5.16 Å². The molecule has 156 valence electrons. The van der Waals surface area contributed by atoms with E-state index >= 15 is 0 Å². The van der Waals surface area contributed by atoms with Crippen molar-refractivity contribution in [3.63, 3.8) is 0 Å². The number of carbonyl (C=O) groups is 1.